The van der Waals surface area contributed by atoms with E-state index in [9.17, 15) is 4.79 Å². The van der Waals surface area contributed by atoms with Crippen LogP contribution >= 0.6 is 0 Å². The van der Waals surface area contributed by atoms with E-state index in [2.05, 4.69) is 5.92 Å². The third kappa shape index (κ3) is 4.47. The van der Waals surface area contributed by atoms with Crippen molar-refractivity contribution in [3.63, 3.8) is 0 Å². The summed E-state index contributed by atoms with van der Waals surface area (Å²) in [6, 6.07) is 9.83. The van der Waals surface area contributed by atoms with Crippen LogP contribution in [0.5, 0.6) is 0 Å². The molecule has 1 aromatic rings. The van der Waals surface area contributed by atoms with Crippen molar-refractivity contribution < 1.29 is 9.90 Å². The molecule has 0 aliphatic heterocycles. The highest BCUT2D eigenvalue weighted by atomic mass is 16.4. The number of carboxylic acids is 1. The first-order chi connectivity index (χ1) is 7.72. The molecule has 16 heavy (non-hydrogen) atoms. The van der Waals surface area contributed by atoms with Gasteiger partial charge in [-0.1, -0.05) is 42.5 Å². The van der Waals surface area contributed by atoms with Gasteiger partial charge in [-0.25, -0.2) is 0 Å². The lowest BCUT2D eigenvalue weighted by molar-refractivity contribution is -0.137. The Hall–Kier alpha value is -2.01. The normalized spacial score (nSPS) is 12.2. The lowest BCUT2D eigenvalue weighted by Gasteiger charge is -2.02. The molecule has 0 fully saturated rings. The molecule has 2 nitrogen and oxygen atoms in total. The fourth-order valence-electron chi connectivity index (χ4n) is 1.35. The molecule has 0 bridgehead atoms. The molecule has 1 N–H and O–H groups in total. The van der Waals surface area contributed by atoms with Crippen LogP contribution in [-0.4, -0.2) is 11.1 Å². The average molecular weight is 214 g/mol. The van der Waals surface area contributed by atoms with Crippen LogP contribution in [0.4, 0.5) is 0 Å². The Morgan fingerprint density at radius 3 is 2.69 bits per heavy atom. The van der Waals surface area contributed by atoms with Crippen LogP contribution in [0.2, 0.25) is 0 Å². The van der Waals surface area contributed by atoms with Crippen molar-refractivity contribution in [3.8, 4) is 12.3 Å². The molecule has 1 unspecified atom stereocenters. The largest absolute Gasteiger partial charge is 0.481 e. The molecule has 0 amide bonds. The van der Waals surface area contributed by atoms with Crippen LogP contribution in [0.15, 0.2) is 36.4 Å². The lowest BCUT2D eigenvalue weighted by Crippen LogP contribution is -2.04. The Morgan fingerprint density at radius 1 is 1.44 bits per heavy atom. The maximum atomic E-state index is 10.5. The number of hydrogen-bond acceptors (Lipinski definition) is 1. The van der Waals surface area contributed by atoms with Crippen LogP contribution in [-0.2, 0) is 4.79 Å². The van der Waals surface area contributed by atoms with E-state index in [1.165, 1.54) is 0 Å². The van der Waals surface area contributed by atoms with Gasteiger partial charge in [0.2, 0.25) is 0 Å². The van der Waals surface area contributed by atoms with Gasteiger partial charge in [-0.2, -0.15) is 0 Å². The topological polar surface area (TPSA) is 37.3 Å². The smallest absolute Gasteiger partial charge is 0.304 e. The lowest BCUT2D eigenvalue weighted by atomic mass is 10.0. The summed E-state index contributed by atoms with van der Waals surface area (Å²) in [5.74, 6) is 1.41. The van der Waals surface area contributed by atoms with Gasteiger partial charge in [0.05, 0.1) is 6.42 Å². The van der Waals surface area contributed by atoms with Crippen molar-refractivity contribution in [2.24, 2.45) is 5.92 Å². The highest BCUT2D eigenvalue weighted by Gasteiger charge is 2.07. The Morgan fingerprint density at radius 2 is 2.12 bits per heavy atom. The van der Waals surface area contributed by atoms with Crippen LogP contribution in [0.3, 0.4) is 0 Å². The fourth-order valence-corrected chi connectivity index (χ4v) is 1.35. The summed E-state index contributed by atoms with van der Waals surface area (Å²) in [5.41, 5.74) is 1.09. The van der Waals surface area contributed by atoms with E-state index in [-0.39, 0.29) is 12.3 Å². The van der Waals surface area contributed by atoms with Gasteiger partial charge in [0.15, 0.2) is 0 Å². The summed E-state index contributed by atoms with van der Waals surface area (Å²) in [6.45, 7) is 0. The molecule has 0 saturated heterocycles. The molecule has 0 aromatic heterocycles. The van der Waals surface area contributed by atoms with Crippen molar-refractivity contribution in [1.29, 1.82) is 0 Å². The average Bonchev–Trinajstić information content (AvgIpc) is 2.28. The molecule has 0 aliphatic carbocycles. The van der Waals surface area contributed by atoms with E-state index < -0.39 is 5.97 Å². The van der Waals surface area contributed by atoms with E-state index >= 15 is 0 Å². The molecule has 0 radical (unpaired) electrons. The number of hydrogen-bond donors (Lipinski definition) is 1. The van der Waals surface area contributed by atoms with Crippen molar-refractivity contribution >= 4 is 12.0 Å². The van der Waals surface area contributed by atoms with Crippen molar-refractivity contribution in [1.82, 2.24) is 0 Å². The summed E-state index contributed by atoms with van der Waals surface area (Å²) in [6.07, 6.45) is 9.74. The van der Waals surface area contributed by atoms with Gasteiger partial charge >= 0.3 is 5.97 Å². The molecule has 0 aliphatic rings. The summed E-state index contributed by atoms with van der Waals surface area (Å²) >= 11 is 0. The van der Waals surface area contributed by atoms with Crippen LogP contribution in [0, 0.1) is 18.3 Å². The molecule has 0 spiro atoms. The second-order valence-electron chi connectivity index (χ2n) is 3.51. The van der Waals surface area contributed by atoms with Gasteiger partial charge in [-0.15, -0.1) is 12.3 Å². The third-order valence-electron chi connectivity index (χ3n) is 2.19. The Kier molecular flexibility index (Phi) is 4.88. The first kappa shape index (κ1) is 12.1. The van der Waals surface area contributed by atoms with Gasteiger partial charge in [0.25, 0.3) is 0 Å². The molecule has 0 saturated carbocycles. The minimum Gasteiger partial charge on any atom is -0.481 e. The quantitative estimate of drug-likeness (QED) is 0.765. The first-order valence-electron chi connectivity index (χ1n) is 5.12. The highest BCUT2D eigenvalue weighted by molar-refractivity contribution is 5.67. The number of allylic oxidation sites excluding steroid dienone is 1. The van der Waals surface area contributed by atoms with E-state index in [1.54, 1.807) is 0 Å². The van der Waals surface area contributed by atoms with Gasteiger partial charge < -0.3 is 5.11 Å². The number of terminal acetylenes is 1. The van der Waals surface area contributed by atoms with E-state index in [0.717, 1.165) is 5.56 Å². The molecule has 0 heterocycles. The molecule has 1 atom stereocenters. The summed E-state index contributed by atoms with van der Waals surface area (Å²) in [7, 11) is 0. The number of benzene rings is 1. The fraction of sp³-hybridized carbons (Fsp3) is 0.214. The zero-order valence-electron chi connectivity index (χ0n) is 8.97. The first-order valence-corrected chi connectivity index (χ1v) is 5.12. The Labute approximate surface area is 95.6 Å². The minimum absolute atomic E-state index is 0.0234. The summed E-state index contributed by atoms with van der Waals surface area (Å²) < 4.78 is 0. The SMILES string of the molecule is C#CC(C/C=C/c1ccccc1)CC(=O)O. The Balaban J connectivity index is 2.47. The Bertz CT molecular complexity index is 398. The predicted molar refractivity (Wildman–Crippen MR) is 64.7 cm³/mol. The molecular formula is C14H14O2. The van der Waals surface area contributed by atoms with Crippen LogP contribution in [0.1, 0.15) is 18.4 Å². The van der Waals surface area contributed by atoms with Crippen molar-refractivity contribution in [2.45, 2.75) is 12.8 Å². The van der Waals surface area contributed by atoms with E-state index in [1.807, 2.05) is 42.5 Å². The zero-order chi connectivity index (χ0) is 11.8. The second-order valence-corrected chi connectivity index (χ2v) is 3.51. The van der Waals surface area contributed by atoms with Crippen LogP contribution < -0.4 is 0 Å². The monoisotopic (exact) mass is 214 g/mol. The zero-order valence-corrected chi connectivity index (χ0v) is 8.97. The summed E-state index contributed by atoms with van der Waals surface area (Å²) in [5, 5.41) is 8.61. The maximum Gasteiger partial charge on any atom is 0.304 e. The molecule has 1 rings (SSSR count). The van der Waals surface area contributed by atoms with Crippen molar-refractivity contribution in [2.75, 3.05) is 0 Å². The van der Waals surface area contributed by atoms with Crippen molar-refractivity contribution in [3.05, 3.63) is 42.0 Å². The van der Waals surface area contributed by atoms with E-state index in [0.29, 0.717) is 6.42 Å². The van der Waals surface area contributed by atoms with Gasteiger partial charge in [-0.3, -0.25) is 4.79 Å². The standard InChI is InChI=1S/C14H14O2/c1-2-12(11-14(15)16)9-6-10-13-7-4-3-5-8-13/h1,3-8,10,12H,9,11H2,(H,15,16)/b10-6+. The minimum atomic E-state index is -0.851. The maximum absolute atomic E-state index is 10.5. The molecule has 82 valence electrons. The van der Waals surface area contributed by atoms with Crippen LogP contribution in [0.25, 0.3) is 6.08 Å². The second kappa shape index (κ2) is 6.47. The third-order valence-corrected chi connectivity index (χ3v) is 2.19. The number of aliphatic carboxylic acids is 1. The number of carboxylic acid groups (broad SMARTS) is 1. The number of carbonyl (C=O) groups is 1. The highest BCUT2D eigenvalue weighted by Crippen LogP contribution is 2.10. The van der Waals surface area contributed by atoms with Gasteiger partial charge in [0.1, 0.15) is 0 Å². The van der Waals surface area contributed by atoms with Gasteiger partial charge in [0, 0.05) is 5.92 Å². The molecule has 1 aromatic carbocycles. The molecular weight excluding hydrogens is 200 g/mol. The molecule has 2 heteroatoms. The van der Waals surface area contributed by atoms with E-state index in [4.69, 9.17) is 11.5 Å². The summed E-state index contributed by atoms with van der Waals surface area (Å²) in [4.78, 5) is 10.5. The van der Waals surface area contributed by atoms with Gasteiger partial charge in [-0.05, 0) is 12.0 Å². The number of rotatable bonds is 5. The predicted octanol–water partition coefficient (Wildman–Crippen LogP) is 2.81.